The van der Waals surface area contributed by atoms with Gasteiger partial charge in [-0.05, 0) is 12.8 Å². The average molecular weight is 322 g/mol. The molecule has 0 fully saturated rings. The van der Waals surface area contributed by atoms with E-state index in [0.717, 1.165) is 11.0 Å². The zero-order chi connectivity index (χ0) is 16.1. The molecule has 0 bridgehead atoms. The SMILES string of the molecule is CCCCCCCCCCCC[N+](C)(C)Cc1ccccc1.N. The minimum absolute atomic E-state index is 0. The Kier molecular flexibility index (Phi) is 13.1. The van der Waals surface area contributed by atoms with E-state index < -0.39 is 0 Å². The summed E-state index contributed by atoms with van der Waals surface area (Å²) in [5.41, 5.74) is 1.46. The van der Waals surface area contributed by atoms with Crippen LogP contribution in [0.5, 0.6) is 0 Å². The summed E-state index contributed by atoms with van der Waals surface area (Å²) in [6.45, 7) is 4.74. The quantitative estimate of drug-likeness (QED) is 0.333. The van der Waals surface area contributed by atoms with Crippen LogP contribution in [0.15, 0.2) is 30.3 Å². The van der Waals surface area contributed by atoms with Gasteiger partial charge in [0.15, 0.2) is 0 Å². The van der Waals surface area contributed by atoms with E-state index in [1.165, 1.54) is 76.3 Å². The van der Waals surface area contributed by atoms with Crippen molar-refractivity contribution in [3.8, 4) is 0 Å². The first kappa shape index (κ1) is 22.1. The highest BCUT2D eigenvalue weighted by atomic mass is 15.3. The van der Waals surface area contributed by atoms with Gasteiger partial charge in [0.1, 0.15) is 6.54 Å². The summed E-state index contributed by atoms with van der Waals surface area (Å²) in [5, 5.41) is 0. The second kappa shape index (κ2) is 13.6. The first-order chi connectivity index (χ1) is 10.6. The molecule has 0 atom stereocenters. The maximum Gasteiger partial charge on any atom is 0.104 e. The van der Waals surface area contributed by atoms with Gasteiger partial charge in [-0.1, -0.05) is 88.6 Å². The standard InChI is InChI=1S/C21H38N.H3N/c1-4-5-6-7-8-9-10-11-12-16-19-22(2,3)20-21-17-14-13-15-18-21;/h13-15,17-18H,4-12,16,19-20H2,1-3H3;1H3/q+1;. The number of benzene rings is 1. The third-order valence-electron chi connectivity index (χ3n) is 4.57. The zero-order valence-electron chi connectivity index (χ0n) is 16.0. The van der Waals surface area contributed by atoms with Crippen LogP contribution < -0.4 is 6.15 Å². The van der Waals surface area contributed by atoms with E-state index in [-0.39, 0.29) is 6.15 Å². The molecule has 23 heavy (non-hydrogen) atoms. The first-order valence-corrected chi connectivity index (χ1v) is 9.50. The molecule has 0 aliphatic rings. The lowest BCUT2D eigenvalue weighted by atomic mass is 10.1. The Morgan fingerprint density at radius 3 is 1.70 bits per heavy atom. The average Bonchev–Trinajstić information content (AvgIpc) is 2.49. The maximum absolute atomic E-state index is 2.36. The minimum atomic E-state index is 0. The Balaban J connectivity index is 0.00000484. The van der Waals surface area contributed by atoms with Gasteiger partial charge in [-0.3, -0.25) is 0 Å². The van der Waals surface area contributed by atoms with Crippen LogP contribution in [0.2, 0.25) is 0 Å². The molecule has 1 aromatic rings. The maximum atomic E-state index is 2.36. The van der Waals surface area contributed by atoms with E-state index in [9.17, 15) is 0 Å². The monoisotopic (exact) mass is 321 g/mol. The molecule has 0 unspecified atom stereocenters. The molecule has 1 rings (SSSR count). The zero-order valence-corrected chi connectivity index (χ0v) is 16.0. The summed E-state index contributed by atoms with van der Waals surface area (Å²) in [7, 11) is 4.72. The van der Waals surface area contributed by atoms with Gasteiger partial charge in [0.2, 0.25) is 0 Å². The summed E-state index contributed by atoms with van der Waals surface area (Å²) in [6.07, 6.45) is 14.2. The summed E-state index contributed by atoms with van der Waals surface area (Å²) >= 11 is 0. The van der Waals surface area contributed by atoms with Crippen LogP contribution >= 0.6 is 0 Å². The van der Waals surface area contributed by atoms with Crippen molar-refractivity contribution in [3.05, 3.63) is 35.9 Å². The second-order valence-corrected chi connectivity index (χ2v) is 7.49. The third-order valence-corrected chi connectivity index (χ3v) is 4.57. The Morgan fingerprint density at radius 1 is 0.696 bits per heavy atom. The molecule has 3 N–H and O–H groups in total. The topological polar surface area (TPSA) is 35.0 Å². The Bertz CT molecular complexity index is 359. The molecule has 0 radical (unpaired) electrons. The van der Waals surface area contributed by atoms with Crippen molar-refractivity contribution < 1.29 is 4.48 Å². The highest BCUT2D eigenvalue weighted by molar-refractivity contribution is 5.13. The molecule has 0 saturated heterocycles. The molecule has 0 spiro atoms. The van der Waals surface area contributed by atoms with Gasteiger partial charge in [0.25, 0.3) is 0 Å². The fourth-order valence-corrected chi connectivity index (χ4v) is 3.18. The van der Waals surface area contributed by atoms with E-state index >= 15 is 0 Å². The second-order valence-electron chi connectivity index (χ2n) is 7.49. The van der Waals surface area contributed by atoms with Gasteiger partial charge in [0, 0.05) is 5.56 Å². The van der Waals surface area contributed by atoms with Crippen LogP contribution in [0.25, 0.3) is 0 Å². The molecule has 134 valence electrons. The van der Waals surface area contributed by atoms with Crippen LogP contribution in [0.1, 0.15) is 76.7 Å². The molecule has 0 aliphatic heterocycles. The van der Waals surface area contributed by atoms with Gasteiger partial charge in [-0.15, -0.1) is 0 Å². The molecule has 1 aromatic carbocycles. The van der Waals surface area contributed by atoms with E-state index in [1.54, 1.807) is 0 Å². The van der Waals surface area contributed by atoms with Crippen LogP contribution in [0.4, 0.5) is 0 Å². The molecule has 0 aliphatic carbocycles. The lowest BCUT2D eigenvalue weighted by molar-refractivity contribution is -0.903. The number of rotatable bonds is 13. The van der Waals surface area contributed by atoms with E-state index in [4.69, 9.17) is 0 Å². The smallest absolute Gasteiger partial charge is 0.104 e. The van der Waals surface area contributed by atoms with Crippen LogP contribution in [-0.2, 0) is 6.54 Å². The molecule has 0 saturated carbocycles. The van der Waals surface area contributed by atoms with Crippen molar-refractivity contribution in [2.75, 3.05) is 20.6 Å². The van der Waals surface area contributed by atoms with Crippen molar-refractivity contribution in [2.45, 2.75) is 77.7 Å². The Labute approximate surface area is 145 Å². The first-order valence-electron chi connectivity index (χ1n) is 9.50. The van der Waals surface area contributed by atoms with Crippen molar-refractivity contribution in [3.63, 3.8) is 0 Å². The molecular weight excluding hydrogens is 280 g/mol. The molecule has 0 heterocycles. The predicted molar refractivity (Wildman–Crippen MR) is 104 cm³/mol. The summed E-state index contributed by atoms with van der Waals surface area (Å²) in [4.78, 5) is 0. The van der Waals surface area contributed by atoms with Crippen LogP contribution in [0, 0.1) is 0 Å². The minimum Gasteiger partial charge on any atom is -0.344 e. The van der Waals surface area contributed by atoms with Gasteiger partial charge in [-0.2, -0.15) is 0 Å². The van der Waals surface area contributed by atoms with Gasteiger partial charge >= 0.3 is 0 Å². The van der Waals surface area contributed by atoms with Crippen LogP contribution in [-0.4, -0.2) is 25.1 Å². The molecule has 2 nitrogen and oxygen atoms in total. The highest BCUT2D eigenvalue weighted by Gasteiger charge is 2.14. The third kappa shape index (κ3) is 12.3. The number of unbranched alkanes of at least 4 members (excludes halogenated alkanes) is 9. The van der Waals surface area contributed by atoms with E-state index in [2.05, 4.69) is 51.4 Å². The lowest BCUT2D eigenvalue weighted by Crippen LogP contribution is -2.39. The normalized spacial score (nSPS) is 11.3. The highest BCUT2D eigenvalue weighted by Crippen LogP contribution is 2.13. The number of quaternary nitrogens is 1. The van der Waals surface area contributed by atoms with Crippen molar-refractivity contribution in [2.24, 2.45) is 0 Å². The number of hydrogen-bond donors (Lipinski definition) is 1. The molecular formula is C21H41N2+. The van der Waals surface area contributed by atoms with E-state index in [1.807, 2.05) is 0 Å². The Morgan fingerprint density at radius 2 is 1.17 bits per heavy atom. The molecule has 0 amide bonds. The summed E-state index contributed by atoms with van der Waals surface area (Å²) in [5.74, 6) is 0. The van der Waals surface area contributed by atoms with Gasteiger partial charge in [0.05, 0.1) is 20.6 Å². The predicted octanol–water partition coefficient (Wildman–Crippen LogP) is 6.35. The molecule has 0 aromatic heterocycles. The van der Waals surface area contributed by atoms with Crippen molar-refractivity contribution in [1.82, 2.24) is 6.15 Å². The largest absolute Gasteiger partial charge is 0.344 e. The van der Waals surface area contributed by atoms with Crippen molar-refractivity contribution in [1.29, 1.82) is 0 Å². The van der Waals surface area contributed by atoms with Crippen LogP contribution in [0.3, 0.4) is 0 Å². The van der Waals surface area contributed by atoms with Gasteiger partial charge in [-0.25, -0.2) is 0 Å². The number of hydrogen-bond acceptors (Lipinski definition) is 1. The van der Waals surface area contributed by atoms with Crippen molar-refractivity contribution >= 4 is 0 Å². The summed E-state index contributed by atoms with van der Waals surface area (Å²) < 4.78 is 1.11. The van der Waals surface area contributed by atoms with E-state index in [0.29, 0.717) is 0 Å². The Hall–Kier alpha value is -0.860. The summed E-state index contributed by atoms with van der Waals surface area (Å²) in [6, 6.07) is 10.9. The number of nitrogens with zero attached hydrogens (tertiary/aromatic N) is 1. The van der Waals surface area contributed by atoms with Gasteiger partial charge < -0.3 is 10.6 Å². The fourth-order valence-electron chi connectivity index (χ4n) is 3.18. The fraction of sp³-hybridized carbons (Fsp3) is 0.714. The lowest BCUT2D eigenvalue weighted by Gasteiger charge is -2.30. The molecule has 2 heteroatoms.